The van der Waals surface area contributed by atoms with Crippen molar-refractivity contribution in [2.75, 3.05) is 16.4 Å². The van der Waals surface area contributed by atoms with Gasteiger partial charge in [0.25, 0.3) is 5.91 Å². The fourth-order valence-electron chi connectivity index (χ4n) is 3.42. The molecule has 0 N–H and O–H groups in total. The monoisotopic (exact) mass is 438 g/mol. The average Bonchev–Trinajstić information content (AvgIpc) is 3.09. The quantitative estimate of drug-likeness (QED) is 0.735. The number of hydrogen-bond donors (Lipinski definition) is 0. The molecule has 2 aliphatic rings. The maximum Gasteiger partial charge on any atom is 0.252 e. The number of nitrogens with zero attached hydrogens (tertiary/aromatic N) is 2. The van der Waals surface area contributed by atoms with Gasteiger partial charge in [0.2, 0.25) is 0 Å². The van der Waals surface area contributed by atoms with E-state index in [2.05, 4.69) is 4.99 Å². The summed E-state index contributed by atoms with van der Waals surface area (Å²) in [7, 11) is -3.17. The summed E-state index contributed by atoms with van der Waals surface area (Å²) < 4.78 is 37.7. The molecular formula is C19H16ClFN2O3S2. The zero-order valence-corrected chi connectivity index (χ0v) is 17.0. The van der Waals surface area contributed by atoms with Crippen LogP contribution in [0.3, 0.4) is 0 Å². The average molecular weight is 439 g/mol. The van der Waals surface area contributed by atoms with Crippen molar-refractivity contribution >= 4 is 50.0 Å². The van der Waals surface area contributed by atoms with E-state index in [0.717, 1.165) is 5.56 Å². The van der Waals surface area contributed by atoms with Crippen LogP contribution < -0.4 is 4.90 Å². The number of fused-ring (bicyclic) bond motifs is 1. The van der Waals surface area contributed by atoms with Crippen molar-refractivity contribution in [3.05, 3.63) is 64.9 Å². The Morgan fingerprint density at radius 1 is 1.21 bits per heavy atom. The van der Waals surface area contributed by atoms with E-state index in [4.69, 9.17) is 11.6 Å². The van der Waals surface area contributed by atoms with Crippen LogP contribution in [-0.2, 0) is 21.1 Å². The molecule has 0 unspecified atom stereocenters. The third-order valence-electron chi connectivity index (χ3n) is 4.67. The molecule has 0 bridgehead atoms. The lowest BCUT2D eigenvalue weighted by Gasteiger charge is -2.24. The third kappa shape index (κ3) is 3.94. The minimum Gasteiger partial charge on any atom is -0.316 e. The number of aliphatic imine (C=N–C) groups is 1. The van der Waals surface area contributed by atoms with Gasteiger partial charge in [0.1, 0.15) is 5.82 Å². The van der Waals surface area contributed by atoms with E-state index in [1.54, 1.807) is 4.90 Å². The highest BCUT2D eigenvalue weighted by molar-refractivity contribution is 8.16. The smallest absolute Gasteiger partial charge is 0.252 e. The van der Waals surface area contributed by atoms with E-state index < -0.39 is 15.7 Å². The first-order chi connectivity index (χ1) is 13.3. The van der Waals surface area contributed by atoms with Gasteiger partial charge in [-0.25, -0.2) is 12.8 Å². The minimum atomic E-state index is -3.17. The molecule has 0 aliphatic carbocycles. The fraction of sp³-hybridized carbons (Fsp3) is 0.263. The Bertz CT molecular complexity index is 1060. The number of amidine groups is 1. The predicted molar refractivity (Wildman–Crippen MR) is 110 cm³/mol. The largest absolute Gasteiger partial charge is 0.316 e. The molecule has 2 atom stereocenters. The van der Waals surface area contributed by atoms with Gasteiger partial charge in [-0.05, 0) is 23.8 Å². The van der Waals surface area contributed by atoms with Gasteiger partial charge in [-0.3, -0.25) is 4.79 Å². The first-order valence-corrected chi connectivity index (χ1v) is 11.7. The summed E-state index contributed by atoms with van der Waals surface area (Å²) >= 11 is 7.19. The molecular weight excluding hydrogens is 423 g/mol. The summed E-state index contributed by atoms with van der Waals surface area (Å²) in [5, 5.41) is 0.132. The molecule has 0 aromatic heterocycles. The lowest BCUT2D eigenvalue weighted by molar-refractivity contribution is -0.117. The van der Waals surface area contributed by atoms with Crippen molar-refractivity contribution < 1.29 is 17.6 Å². The number of carbonyl (C=O) groups is 1. The summed E-state index contributed by atoms with van der Waals surface area (Å²) in [6.45, 7) is 0. The number of sulfone groups is 1. The summed E-state index contributed by atoms with van der Waals surface area (Å²) in [6, 6.07) is 13.1. The number of halogens is 2. The number of benzene rings is 2. The number of thioether (sulfide) groups is 1. The van der Waals surface area contributed by atoms with Gasteiger partial charge in [-0.15, -0.1) is 0 Å². The lowest BCUT2D eigenvalue weighted by atomic mass is 10.1. The van der Waals surface area contributed by atoms with Crippen molar-refractivity contribution in [2.24, 2.45) is 4.99 Å². The van der Waals surface area contributed by atoms with Gasteiger partial charge in [0.05, 0.1) is 29.0 Å². The van der Waals surface area contributed by atoms with E-state index in [9.17, 15) is 17.6 Å². The Balaban J connectivity index is 1.67. The number of rotatable bonds is 3. The summed E-state index contributed by atoms with van der Waals surface area (Å²) in [6.07, 6.45) is 0.149. The second-order valence-electron chi connectivity index (χ2n) is 6.72. The zero-order valence-electron chi connectivity index (χ0n) is 14.6. The second kappa shape index (κ2) is 7.50. The lowest BCUT2D eigenvalue weighted by Crippen LogP contribution is -2.37. The van der Waals surface area contributed by atoms with Crippen molar-refractivity contribution in [2.45, 2.75) is 17.7 Å². The first kappa shape index (κ1) is 19.4. The molecule has 2 aromatic carbocycles. The van der Waals surface area contributed by atoms with Crippen molar-refractivity contribution in [3.63, 3.8) is 0 Å². The van der Waals surface area contributed by atoms with Gasteiger partial charge in [-0.2, -0.15) is 4.99 Å². The minimum absolute atomic E-state index is 0.0274. The third-order valence-corrected chi connectivity index (χ3v) is 8.17. The van der Waals surface area contributed by atoms with Crippen LogP contribution in [0.4, 0.5) is 10.1 Å². The standard InChI is InChI=1S/C19H16ClFN2O3S2/c20-14-9-13(6-7-15(14)21)23-16-10-28(25,26)11-17(16)27-19(23)22-18(24)8-12-4-2-1-3-5-12/h1-7,9,16-17H,8,10-11H2/t16-,17+/m1/s1. The van der Waals surface area contributed by atoms with Gasteiger partial charge in [0.15, 0.2) is 15.0 Å². The van der Waals surface area contributed by atoms with Crippen LogP contribution in [0.2, 0.25) is 5.02 Å². The molecule has 2 heterocycles. The predicted octanol–water partition coefficient (Wildman–Crippen LogP) is 3.32. The Morgan fingerprint density at radius 2 is 1.96 bits per heavy atom. The van der Waals surface area contributed by atoms with Crippen LogP contribution in [0, 0.1) is 5.82 Å². The second-order valence-corrected chi connectivity index (χ2v) is 10.5. The Hall–Kier alpha value is -1.90. The number of hydrogen-bond acceptors (Lipinski definition) is 4. The topological polar surface area (TPSA) is 66.8 Å². The van der Waals surface area contributed by atoms with Crippen molar-refractivity contribution in [3.8, 4) is 0 Å². The SMILES string of the molecule is O=C(Cc1ccccc1)N=C1S[C@H]2CS(=O)(=O)C[C@H]2N1c1ccc(F)c(Cl)c1. The van der Waals surface area contributed by atoms with Crippen LogP contribution in [0.5, 0.6) is 0 Å². The molecule has 0 saturated carbocycles. The molecule has 5 nitrogen and oxygen atoms in total. The van der Waals surface area contributed by atoms with Gasteiger partial charge in [-0.1, -0.05) is 53.7 Å². The Morgan fingerprint density at radius 3 is 2.68 bits per heavy atom. The molecule has 2 aromatic rings. The molecule has 146 valence electrons. The van der Waals surface area contributed by atoms with E-state index in [1.807, 2.05) is 30.3 Å². The van der Waals surface area contributed by atoms with Gasteiger partial charge < -0.3 is 4.90 Å². The normalized spacial score (nSPS) is 24.5. The molecule has 28 heavy (non-hydrogen) atoms. The van der Waals surface area contributed by atoms with E-state index in [0.29, 0.717) is 10.9 Å². The summed E-state index contributed by atoms with van der Waals surface area (Å²) in [4.78, 5) is 18.4. The highest BCUT2D eigenvalue weighted by atomic mass is 35.5. The van der Waals surface area contributed by atoms with Crippen LogP contribution in [-0.4, -0.2) is 42.3 Å². The molecule has 4 rings (SSSR count). The van der Waals surface area contributed by atoms with Crippen LogP contribution in [0.1, 0.15) is 5.56 Å². The first-order valence-electron chi connectivity index (χ1n) is 8.59. The molecule has 2 fully saturated rings. The highest BCUT2D eigenvalue weighted by Gasteiger charge is 2.49. The molecule has 9 heteroatoms. The zero-order chi connectivity index (χ0) is 19.9. The number of anilines is 1. The summed E-state index contributed by atoms with van der Waals surface area (Å²) in [5.41, 5.74) is 1.37. The molecule has 0 spiro atoms. The molecule has 1 amide bonds. The molecule has 0 radical (unpaired) electrons. The van der Waals surface area contributed by atoms with E-state index >= 15 is 0 Å². The van der Waals surface area contributed by atoms with E-state index in [1.165, 1.54) is 30.0 Å². The maximum atomic E-state index is 13.6. The maximum absolute atomic E-state index is 13.6. The van der Waals surface area contributed by atoms with Crippen LogP contribution in [0.15, 0.2) is 53.5 Å². The number of amides is 1. The number of carbonyl (C=O) groups excluding carboxylic acids is 1. The Labute approximate surface area is 171 Å². The fourth-order valence-corrected chi connectivity index (χ4v) is 7.52. The van der Waals surface area contributed by atoms with E-state index in [-0.39, 0.29) is 40.1 Å². The molecule has 2 aliphatic heterocycles. The van der Waals surface area contributed by atoms with Gasteiger partial charge in [0, 0.05) is 10.9 Å². The van der Waals surface area contributed by atoms with Crippen LogP contribution in [0.25, 0.3) is 0 Å². The molecule has 2 saturated heterocycles. The summed E-state index contributed by atoms with van der Waals surface area (Å²) in [5.74, 6) is -0.896. The Kier molecular flexibility index (Phi) is 5.20. The van der Waals surface area contributed by atoms with Gasteiger partial charge >= 0.3 is 0 Å². The highest BCUT2D eigenvalue weighted by Crippen LogP contribution is 2.41. The van der Waals surface area contributed by atoms with Crippen molar-refractivity contribution in [1.82, 2.24) is 0 Å². The van der Waals surface area contributed by atoms with Crippen molar-refractivity contribution in [1.29, 1.82) is 0 Å². The van der Waals surface area contributed by atoms with Crippen LogP contribution >= 0.6 is 23.4 Å².